The lowest BCUT2D eigenvalue weighted by molar-refractivity contribution is 0.411. The van der Waals surface area contributed by atoms with E-state index < -0.39 is 0 Å². The summed E-state index contributed by atoms with van der Waals surface area (Å²) in [4.78, 5) is 0. The average Bonchev–Trinajstić information content (AvgIpc) is 2.46. The molecule has 0 saturated carbocycles. The lowest BCUT2D eigenvalue weighted by Gasteiger charge is -2.15. The van der Waals surface area contributed by atoms with Crippen molar-refractivity contribution in [3.05, 3.63) is 62.5 Å². The highest BCUT2D eigenvalue weighted by atomic mass is 79.9. The molecule has 0 heterocycles. The molecule has 0 radical (unpaired) electrons. The summed E-state index contributed by atoms with van der Waals surface area (Å²) < 4.78 is 7.33. The molecule has 0 saturated heterocycles. The molecule has 0 aromatic heterocycles. The number of halogens is 2. The first-order valence-electron chi connectivity index (χ1n) is 6.41. The number of benzene rings is 2. The Bertz CT molecular complexity index is 569. The highest BCUT2D eigenvalue weighted by Gasteiger charge is 2.08. The Balaban J connectivity index is 1.99. The van der Waals surface area contributed by atoms with Crippen molar-refractivity contribution in [3.8, 4) is 5.75 Å². The summed E-state index contributed by atoms with van der Waals surface area (Å²) in [7, 11) is 1.68. The van der Waals surface area contributed by atoms with Crippen LogP contribution in [0.2, 0.25) is 0 Å². The molecule has 2 rings (SSSR count). The Labute approximate surface area is 136 Å². The summed E-state index contributed by atoms with van der Waals surface area (Å²) in [6, 6.07) is 14.8. The monoisotopic (exact) mass is 397 g/mol. The molecule has 2 nitrogen and oxygen atoms in total. The number of methoxy groups -OCH3 is 1. The van der Waals surface area contributed by atoms with E-state index in [-0.39, 0.29) is 6.04 Å². The molecule has 0 amide bonds. The molecular formula is C16H17Br2NO. The highest BCUT2D eigenvalue weighted by Crippen LogP contribution is 2.28. The van der Waals surface area contributed by atoms with Crippen LogP contribution < -0.4 is 10.1 Å². The van der Waals surface area contributed by atoms with E-state index in [1.807, 2.05) is 6.07 Å². The first kappa shape index (κ1) is 15.5. The van der Waals surface area contributed by atoms with Gasteiger partial charge in [-0.25, -0.2) is 0 Å². The third-order valence-electron chi connectivity index (χ3n) is 3.20. The summed E-state index contributed by atoms with van der Waals surface area (Å²) in [5, 5.41) is 3.52. The molecule has 2 aromatic carbocycles. The zero-order valence-electron chi connectivity index (χ0n) is 11.5. The second-order valence-electron chi connectivity index (χ2n) is 4.62. The molecule has 0 aliphatic rings. The van der Waals surface area contributed by atoms with Crippen LogP contribution in [0.15, 0.2) is 51.4 Å². The topological polar surface area (TPSA) is 21.3 Å². The minimum Gasteiger partial charge on any atom is -0.496 e. The van der Waals surface area contributed by atoms with Crippen molar-refractivity contribution < 1.29 is 4.74 Å². The van der Waals surface area contributed by atoms with Crippen LogP contribution in [0, 0.1) is 0 Å². The summed E-state index contributed by atoms with van der Waals surface area (Å²) in [6.07, 6.45) is 0. The van der Waals surface area contributed by atoms with Crippen LogP contribution in [0.4, 0.5) is 0 Å². The van der Waals surface area contributed by atoms with Crippen molar-refractivity contribution in [2.45, 2.75) is 19.5 Å². The Kier molecular flexibility index (Phi) is 5.64. The van der Waals surface area contributed by atoms with Crippen LogP contribution in [0.25, 0.3) is 0 Å². The maximum Gasteiger partial charge on any atom is 0.133 e. The number of ether oxygens (including phenoxy) is 1. The van der Waals surface area contributed by atoms with Gasteiger partial charge in [0.05, 0.1) is 11.6 Å². The average molecular weight is 399 g/mol. The van der Waals surface area contributed by atoms with Crippen molar-refractivity contribution in [3.63, 3.8) is 0 Å². The van der Waals surface area contributed by atoms with Gasteiger partial charge in [0.25, 0.3) is 0 Å². The molecule has 2 aromatic rings. The zero-order valence-corrected chi connectivity index (χ0v) is 14.7. The quantitative estimate of drug-likeness (QED) is 0.758. The van der Waals surface area contributed by atoms with Gasteiger partial charge in [-0.1, -0.05) is 34.1 Å². The Hall–Kier alpha value is -0.840. The van der Waals surface area contributed by atoms with Gasteiger partial charge >= 0.3 is 0 Å². The molecule has 1 N–H and O–H groups in total. The summed E-state index contributed by atoms with van der Waals surface area (Å²) in [5.41, 5.74) is 2.50. The van der Waals surface area contributed by atoms with E-state index in [0.717, 1.165) is 21.2 Å². The van der Waals surface area contributed by atoms with E-state index >= 15 is 0 Å². The molecule has 1 unspecified atom stereocenters. The van der Waals surface area contributed by atoms with Gasteiger partial charge in [-0.05, 0) is 58.2 Å². The maximum atomic E-state index is 5.25. The fourth-order valence-corrected chi connectivity index (χ4v) is 2.77. The van der Waals surface area contributed by atoms with Crippen LogP contribution in [-0.2, 0) is 6.54 Å². The standard InChI is InChI=1S/C16H17Br2NO/c1-11(13-5-8-16(20-2)15(18)9-13)19-10-12-3-6-14(17)7-4-12/h3-9,11,19H,10H2,1-2H3. The van der Waals surface area contributed by atoms with Gasteiger partial charge in [0.1, 0.15) is 5.75 Å². The first-order valence-corrected chi connectivity index (χ1v) is 8.00. The number of hydrogen-bond acceptors (Lipinski definition) is 2. The second kappa shape index (κ2) is 7.25. The van der Waals surface area contributed by atoms with Crippen molar-refractivity contribution in [1.29, 1.82) is 0 Å². The summed E-state index contributed by atoms with van der Waals surface area (Å²) in [5.74, 6) is 0.855. The molecule has 0 fully saturated rings. The van der Waals surface area contributed by atoms with Gasteiger partial charge in [0.15, 0.2) is 0 Å². The SMILES string of the molecule is COc1ccc(C(C)NCc2ccc(Br)cc2)cc1Br. The predicted octanol–water partition coefficient (Wildman–Crippen LogP) is 5.07. The zero-order chi connectivity index (χ0) is 14.5. The van der Waals surface area contributed by atoms with Crippen LogP contribution in [0.1, 0.15) is 24.1 Å². The van der Waals surface area contributed by atoms with Gasteiger partial charge in [-0.2, -0.15) is 0 Å². The van der Waals surface area contributed by atoms with E-state index in [1.165, 1.54) is 11.1 Å². The van der Waals surface area contributed by atoms with Gasteiger partial charge in [0.2, 0.25) is 0 Å². The van der Waals surface area contributed by atoms with Gasteiger partial charge in [-0.15, -0.1) is 0 Å². The summed E-state index contributed by atoms with van der Waals surface area (Å²) in [6.45, 7) is 3.01. The van der Waals surface area contributed by atoms with E-state index in [2.05, 4.69) is 80.5 Å². The smallest absolute Gasteiger partial charge is 0.133 e. The van der Waals surface area contributed by atoms with Gasteiger partial charge < -0.3 is 10.1 Å². The lowest BCUT2D eigenvalue weighted by atomic mass is 10.1. The largest absolute Gasteiger partial charge is 0.496 e. The molecule has 106 valence electrons. The second-order valence-corrected chi connectivity index (χ2v) is 6.39. The molecule has 0 aliphatic heterocycles. The van der Waals surface area contributed by atoms with Crippen molar-refractivity contribution >= 4 is 31.9 Å². The maximum absolute atomic E-state index is 5.25. The fraction of sp³-hybridized carbons (Fsp3) is 0.250. The molecule has 0 aliphatic carbocycles. The predicted molar refractivity (Wildman–Crippen MR) is 90.1 cm³/mol. The van der Waals surface area contributed by atoms with Gasteiger partial charge in [-0.3, -0.25) is 0 Å². The molecule has 0 spiro atoms. The molecule has 0 bridgehead atoms. The molecular weight excluding hydrogens is 382 g/mol. The Morgan fingerprint density at radius 1 is 1.10 bits per heavy atom. The fourth-order valence-electron chi connectivity index (χ4n) is 1.94. The first-order chi connectivity index (χ1) is 9.60. The van der Waals surface area contributed by atoms with E-state index in [1.54, 1.807) is 7.11 Å². The number of nitrogens with one attached hydrogen (secondary N) is 1. The Morgan fingerprint density at radius 3 is 2.40 bits per heavy atom. The van der Waals surface area contributed by atoms with E-state index in [0.29, 0.717) is 0 Å². The summed E-state index contributed by atoms with van der Waals surface area (Å²) >= 11 is 6.97. The third-order valence-corrected chi connectivity index (χ3v) is 4.35. The molecule has 1 atom stereocenters. The highest BCUT2D eigenvalue weighted by molar-refractivity contribution is 9.10. The van der Waals surface area contributed by atoms with Crippen molar-refractivity contribution in [2.24, 2.45) is 0 Å². The van der Waals surface area contributed by atoms with E-state index in [4.69, 9.17) is 4.74 Å². The minimum atomic E-state index is 0.279. The van der Waals surface area contributed by atoms with Crippen LogP contribution in [0.5, 0.6) is 5.75 Å². The van der Waals surface area contributed by atoms with Crippen LogP contribution >= 0.6 is 31.9 Å². The van der Waals surface area contributed by atoms with Crippen LogP contribution in [0.3, 0.4) is 0 Å². The normalized spacial score (nSPS) is 12.2. The number of hydrogen-bond donors (Lipinski definition) is 1. The van der Waals surface area contributed by atoms with Crippen molar-refractivity contribution in [1.82, 2.24) is 5.32 Å². The molecule has 20 heavy (non-hydrogen) atoms. The van der Waals surface area contributed by atoms with Gasteiger partial charge in [0, 0.05) is 17.1 Å². The van der Waals surface area contributed by atoms with Crippen LogP contribution in [-0.4, -0.2) is 7.11 Å². The number of rotatable bonds is 5. The van der Waals surface area contributed by atoms with Crippen molar-refractivity contribution in [2.75, 3.05) is 7.11 Å². The molecule has 4 heteroatoms. The lowest BCUT2D eigenvalue weighted by Crippen LogP contribution is -2.18. The Morgan fingerprint density at radius 2 is 1.80 bits per heavy atom. The minimum absolute atomic E-state index is 0.279. The third kappa shape index (κ3) is 4.08. The van der Waals surface area contributed by atoms with E-state index in [9.17, 15) is 0 Å².